The molecular formula is C22H25BrO5. The third-order valence-electron chi connectivity index (χ3n) is 3.74. The van der Waals surface area contributed by atoms with Gasteiger partial charge in [0.15, 0.2) is 0 Å². The third-order valence-corrected chi connectivity index (χ3v) is 4.36. The number of carbonyl (C=O) groups is 2. The van der Waals surface area contributed by atoms with Gasteiger partial charge in [-0.2, -0.15) is 0 Å². The Kier molecular flexibility index (Phi) is 8.05. The molecule has 0 saturated carbocycles. The van der Waals surface area contributed by atoms with Crippen molar-refractivity contribution >= 4 is 27.9 Å². The maximum absolute atomic E-state index is 12.4. The quantitative estimate of drug-likeness (QED) is 0.385. The Morgan fingerprint density at radius 2 is 1.68 bits per heavy atom. The van der Waals surface area contributed by atoms with Crippen LogP contribution in [-0.4, -0.2) is 24.6 Å². The van der Waals surface area contributed by atoms with Crippen LogP contribution in [0.3, 0.4) is 0 Å². The molecule has 0 unspecified atom stereocenters. The van der Waals surface area contributed by atoms with E-state index in [1.165, 1.54) is 6.07 Å². The second kappa shape index (κ2) is 10.3. The maximum Gasteiger partial charge on any atom is 0.343 e. The molecule has 0 saturated heterocycles. The molecule has 6 heteroatoms. The Hall–Kier alpha value is -2.34. The maximum atomic E-state index is 12.4. The third kappa shape index (κ3) is 6.68. The minimum absolute atomic E-state index is 0.225. The van der Waals surface area contributed by atoms with Crippen molar-refractivity contribution in [2.75, 3.05) is 6.61 Å². The monoisotopic (exact) mass is 448 g/mol. The Morgan fingerprint density at radius 3 is 2.32 bits per heavy atom. The topological polar surface area (TPSA) is 61.8 Å². The highest BCUT2D eigenvalue weighted by atomic mass is 79.9. The van der Waals surface area contributed by atoms with Gasteiger partial charge in [0.1, 0.15) is 11.5 Å². The van der Waals surface area contributed by atoms with Crippen molar-refractivity contribution in [2.45, 2.75) is 40.2 Å². The largest absolute Gasteiger partial charge is 0.492 e. The molecule has 0 heterocycles. The molecule has 28 heavy (non-hydrogen) atoms. The van der Waals surface area contributed by atoms with Crippen LogP contribution >= 0.6 is 15.9 Å². The van der Waals surface area contributed by atoms with Crippen LogP contribution in [0.5, 0.6) is 11.5 Å². The highest BCUT2D eigenvalue weighted by Gasteiger charge is 2.14. The molecule has 2 aromatic rings. The number of esters is 2. The first-order valence-electron chi connectivity index (χ1n) is 9.22. The van der Waals surface area contributed by atoms with E-state index in [1.807, 2.05) is 0 Å². The number of hydrogen-bond acceptors (Lipinski definition) is 5. The van der Waals surface area contributed by atoms with Crippen molar-refractivity contribution in [2.24, 2.45) is 5.92 Å². The second-order valence-corrected chi connectivity index (χ2v) is 7.90. The lowest BCUT2D eigenvalue weighted by atomic mass is 10.1. The predicted molar refractivity (Wildman–Crippen MR) is 111 cm³/mol. The standard InChI is InChI=1S/C22H25BrO5/c1-14(2)10-11-26-20-9-8-17(13-19(20)23)22(25)28-18-7-5-6-16(12-18)21(24)27-15(3)4/h5-9,12-15H,10-11H2,1-4H3. The number of carbonyl (C=O) groups excluding carboxylic acids is 2. The highest BCUT2D eigenvalue weighted by molar-refractivity contribution is 9.10. The van der Waals surface area contributed by atoms with E-state index in [1.54, 1.807) is 50.2 Å². The lowest BCUT2D eigenvalue weighted by Crippen LogP contribution is -2.12. The van der Waals surface area contributed by atoms with Crippen LogP contribution in [0.1, 0.15) is 54.8 Å². The molecule has 0 N–H and O–H groups in total. The van der Waals surface area contributed by atoms with Gasteiger partial charge < -0.3 is 14.2 Å². The molecule has 0 radical (unpaired) electrons. The average Bonchev–Trinajstić information content (AvgIpc) is 2.62. The van der Waals surface area contributed by atoms with Crippen molar-refractivity contribution in [1.29, 1.82) is 0 Å². The summed E-state index contributed by atoms with van der Waals surface area (Å²) in [6, 6.07) is 11.4. The van der Waals surface area contributed by atoms with Crippen LogP contribution in [-0.2, 0) is 4.74 Å². The molecule has 2 aromatic carbocycles. The minimum atomic E-state index is -0.524. The fraction of sp³-hybridized carbons (Fsp3) is 0.364. The van der Waals surface area contributed by atoms with Crippen LogP contribution in [0.2, 0.25) is 0 Å². The molecule has 0 aliphatic carbocycles. The Labute approximate surface area is 174 Å². The molecular weight excluding hydrogens is 424 g/mol. The van der Waals surface area contributed by atoms with Crippen molar-refractivity contribution in [1.82, 2.24) is 0 Å². The molecule has 0 aliphatic heterocycles. The molecule has 5 nitrogen and oxygen atoms in total. The van der Waals surface area contributed by atoms with Crippen LogP contribution in [0.4, 0.5) is 0 Å². The number of rotatable bonds is 8. The summed E-state index contributed by atoms with van der Waals surface area (Å²) >= 11 is 3.43. The van der Waals surface area contributed by atoms with E-state index in [4.69, 9.17) is 14.2 Å². The first-order valence-corrected chi connectivity index (χ1v) is 10.0. The summed E-state index contributed by atoms with van der Waals surface area (Å²) in [6.07, 6.45) is 0.726. The van der Waals surface area contributed by atoms with Gasteiger partial charge in [-0.1, -0.05) is 19.9 Å². The number of ether oxygens (including phenoxy) is 3. The second-order valence-electron chi connectivity index (χ2n) is 7.05. The average molecular weight is 449 g/mol. The molecule has 2 rings (SSSR count). The van der Waals surface area contributed by atoms with Gasteiger partial charge in [0, 0.05) is 0 Å². The van der Waals surface area contributed by atoms with Gasteiger partial charge >= 0.3 is 11.9 Å². The van der Waals surface area contributed by atoms with Crippen molar-refractivity contribution in [3.8, 4) is 11.5 Å². The van der Waals surface area contributed by atoms with Gasteiger partial charge in [-0.25, -0.2) is 9.59 Å². The molecule has 0 amide bonds. The van der Waals surface area contributed by atoms with E-state index in [-0.39, 0.29) is 11.9 Å². The van der Waals surface area contributed by atoms with Gasteiger partial charge in [0.25, 0.3) is 0 Å². The zero-order valence-electron chi connectivity index (χ0n) is 16.5. The van der Waals surface area contributed by atoms with Crippen molar-refractivity contribution in [3.63, 3.8) is 0 Å². The summed E-state index contributed by atoms with van der Waals surface area (Å²) in [5.74, 6) is 0.524. The summed E-state index contributed by atoms with van der Waals surface area (Å²) < 4.78 is 17.0. The van der Waals surface area contributed by atoms with Crippen LogP contribution < -0.4 is 9.47 Å². The smallest absolute Gasteiger partial charge is 0.343 e. The summed E-state index contributed by atoms with van der Waals surface area (Å²) in [7, 11) is 0. The van der Waals surface area contributed by atoms with Gasteiger partial charge in [-0.3, -0.25) is 0 Å². The lowest BCUT2D eigenvalue weighted by Gasteiger charge is -2.11. The lowest BCUT2D eigenvalue weighted by molar-refractivity contribution is 0.0376. The summed E-state index contributed by atoms with van der Waals surface area (Å²) in [6.45, 7) is 8.43. The molecule has 0 aliphatic rings. The summed E-state index contributed by atoms with van der Waals surface area (Å²) in [5.41, 5.74) is 0.701. The Bertz CT molecular complexity index is 829. The van der Waals surface area contributed by atoms with E-state index in [9.17, 15) is 9.59 Å². The molecule has 0 aromatic heterocycles. The summed E-state index contributed by atoms with van der Waals surface area (Å²) in [4.78, 5) is 24.4. The van der Waals surface area contributed by atoms with Gasteiger partial charge in [-0.05, 0) is 78.5 Å². The van der Waals surface area contributed by atoms with Crippen molar-refractivity contribution in [3.05, 3.63) is 58.1 Å². The van der Waals surface area contributed by atoms with E-state index < -0.39 is 11.9 Å². The molecule has 0 fully saturated rings. The number of hydrogen-bond donors (Lipinski definition) is 0. The number of benzene rings is 2. The molecule has 0 bridgehead atoms. The first kappa shape index (κ1) is 22.0. The Balaban J connectivity index is 2.04. The van der Waals surface area contributed by atoms with E-state index in [0.29, 0.717) is 33.9 Å². The van der Waals surface area contributed by atoms with Gasteiger partial charge in [0.05, 0.1) is 28.3 Å². The van der Waals surface area contributed by atoms with Gasteiger partial charge in [0.2, 0.25) is 0 Å². The number of halogens is 1. The summed E-state index contributed by atoms with van der Waals surface area (Å²) in [5, 5.41) is 0. The van der Waals surface area contributed by atoms with Gasteiger partial charge in [-0.15, -0.1) is 0 Å². The Morgan fingerprint density at radius 1 is 0.964 bits per heavy atom. The highest BCUT2D eigenvalue weighted by Crippen LogP contribution is 2.27. The fourth-order valence-corrected chi connectivity index (χ4v) is 2.78. The minimum Gasteiger partial charge on any atom is -0.492 e. The van der Waals surface area contributed by atoms with E-state index >= 15 is 0 Å². The molecule has 0 spiro atoms. The van der Waals surface area contributed by atoms with E-state index in [0.717, 1.165) is 6.42 Å². The molecule has 0 atom stereocenters. The van der Waals surface area contributed by atoms with Crippen LogP contribution in [0.15, 0.2) is 46.9 Å². The zero-order chi connectivity index (χ0) is 20.7. The van der Waals surface area contributed by atoms with Crippen molar-refractivity contribution < 1.29 is 23.8 Å². The van der Waals surface area contributed by atoms with Crippen LogP contribution in [0.25, 0.3) is 0 Å². The SMILES string of the molecule is CC(C)CCOc1ccc(C(=O)Oc2cccc(C(=O)OC(C)C)c2)cc1Br. The van der Waals surface area contributed by atoms with E-state index in [2.05, 4.69) is 29.8 Å². The zero-order valence-corrected chi connectivity index (χ0v) is 18.1. The molecule has 150 valence electrons. The normalized spacial score (nSPS) is 10.8. The fourth-order valence-electron chi connectivity index (χ4n) is 2.28. The van der Waals surface area contributed by atoms with Crippen LogP contribution in [0, 0.1) is 5.92 Å². The first-order chi connectivity index (χ1) is 13.3. The predicted octanol–water partition coefficient (Wildman–Crippen LogP) is 5.66.